The molecule has 0 saturated carbocycles. The minimum Gasteiger partial charge on any atom is -0.454 e. The standard InChI is InChI=1S/C29H30FN3O4/c1-3-4-6-18-8-10-19(11-9-18)26-15-24-27(37-26)16-25(32(24)2)29(35)33-12-5-7-20-13-21(28(34)31-36)14-23(30)22(20)17-33/h8-11,13-16,36H,3-7,12,17H2,1-2H3,(H,31,34). The summed E-state index contributed by atoms with van der Waals surface area (Å²) < 4.78 is 22.8. The summed E-state index contributed by atoms with van der Waals surface area (Å²) in [4.78, 5) is 26.9. The maximum absolute atomic E-state index is 14.9. The van der Waals surface area contributed by atoms with Crippen LogP contribution in [0.5, 0.6) is 0 Å². The van der Waals surface area contributed by atoms with E-state index in [0.717, 1.165) is 42.2 Å². The molecule has 2 aromatic heterocycles. The van der Waals surface area contributed by atoms with E-state index in [1.54, 1.807) is 17.0 Å². The first kappa shape index (κ1) is 24.8. The van der Waals surface area contributed by atoms with Crippen LogP contribution < -0.4 is 5.48 Å². The van der Waals surface area contributed by atoms with E-state index in [9.17, 15) is 14.0 Å². The molecule has 4 aromatic rings. The lowest BCUT2D eigenvalue weighted by molar-refractivity contribution is 0.0704. The van der Waals surface area contributed by atoms with Gasteiger partial charge < -0.3 is 13.9 Å². The van der Waals surface area contributed by atoms with Crippen molar-refractivity contribution in [1.29, 1.82) is 0 Å². The molecule has 2 N–H and O–H groups in total. The molecule has 8 heteroatoms. The van der Waals surface area contributed by atoms with Gasteiger partial charge in [0, 0.05) is 49.0 Å². The number of unbranched alkanes of at least 4 members (excludes halogenated alkanes) is 1. The van der Waals surface area contributed by atoms with Gasteiger partial charge in [0.25, 0.3) is 11.8 Å². The van der Waals surface area contributed by atoms with Crippen LogP contribution in [-0.2, 0) is 26.4 Å². The van der Waals surface area contributed by atoms with Gasteiger partial charge in [-0.3, -0.25) is 14.8 Å². The molecule has 0 atom stereocenters. The molecule has 7 nitrogen and oxygen atoms in total. The Morgan fingerprint density at radius 1 is 1.14 bits per heavy atom. The van der Waals surface area contributed by atoms with Crippen molar-refractivity contribution in [2.45, 2.75) is 45.6 Å². The second kappa shape index (κ2) is 10.2. The van der Waals surface area contributed by atoms with Gasteiger partial charge in [0.1, 0.15) is 17.3 Å². The van der Waals surface area contributed by atoms with E-state index < -0.39 is 11.7 Å². The van der Waals surface area contributed by atoms with Crippen LogP contribution in [0.4, 0.5) is 4.39 Å². The summed E-state index contributed by atoms with van der Waals surface area (Å²) in [5, 5.41) is 8.88. The molecular formula is C29H30FN3O4. The van der Waals surface area contributed by atoms with Crippen molar-refractivity contribution >= 4 is 22.9 Å². The van der Waals surface area contributed by atoms with E-state index >= 15 is 0 Å². The van der Waals surface area contributed by atoms with Crippen molar-refractivity contribution < 1.29 is 23.6 Å². The monoisotopic (exact) mass is 503 g/mol. The van der Waals surface area contributed by atoms with E-state index in [1.165, 1.54) is 11.0 Å². The molecule has 2 aromatic carbocycles. The molecule has 0 fully saturated rings. The number of aromatic nitrogens is 1. The second-order valence-corrected chi connectivity index (χ2v) is 9.62. The largest absolute Gasteiger partial charge is 0.454 e. The summed E-state index contributed by atoms with van der Waals surface area (Å²) in [5.74, 6) is -0.797. The highest BCUT2D eigenvalue weighted by atomic mass is 19.1. The normalized spacial score (nSPS) is 13.5. The van der Waals surface area contributed by atoms with Crippen LogP contribution in [0.1, 0.15) is 63.7 Å². The summed E-state index contributed by atoms with van der Waals surface area (Å²) in [5.41, 5.74) is 6.84. The van der Waals surface area contributed by atoms with Gasteiger partial charge in [-0.2, -0.15) is 0 Å². The predicted molar refractivity (Wildman–Crippen MR) is 138 cm³/mol. The lowest BCUT2D eigenvalue weighted by Crippen LogP contribution is -2.32. The number of hydrogen-bond acceptors (Lipinski definition) is 4. The fraction of sp³-hybridized carbons (Fsp3) is 0.310. The van der Waals surface area contributed by atoms with Crippen molar-refractivity contribution in [3.63, 3.8) is 0 Å². The van der Waals surface area contributed by atoms with E-state index in [-0.39, 0.29) is 18.0 Å². The zero-order valence-electron chi connectivity index (χ0n) is 21.0. The third-order valence-corrected chi connectivity index (χ3v) is 7.17. The van der Waals surface area contributed by atoms with Crippen molar-refractivity contribution in [2.24, 2.45) is 7.05 Å². The number of benzene rings is 2. The lowest BCUT2D eigenvalue weighted by atomic mass is 10.00. The quantitative estimate of drug-likeness (QED) is 0.264. The minimum absolute atomic E-state index is 0.0488. The molecule has 0 spiro atoms. The Labute approximate surface area is 214 Å². The summed E-state index contributed by atoms with van der Waals surface area (Å²) in [6.07, 6.45) is 4.54. The van der Waals surface area contributed by atoms with Gasteiger partial charge in [-0.25, -0.2) is 9.87 Å². The Hall–Kier alpha value is -3.91. The van der Waals surface area contributed by atoms with E-state index in [4.69, 9.17) is 9.62 Å². The van der Waals surface area contributed by atoms with Gasteiger partial charge in [0.15, 0.2) is 5.58 Å². The number of aryl methyl sites for hydroxylation is 3. The number of nitrogens with one attached hydrogen (secondary N) is 1. The molecule has 0 bridgehead atoms. The molecule has 2 amide bonds. The van der Waals surface area contributed by atoms with Crippen LogP contribution in [0.15, 0.2) is 52.9 Å². The highest BCUT2D eigenvalue weighted by Crippen LogP contribution is 2.31. The summed E-state index contributed by atoms with van der Waals surface area (Å²) >= 11 is 0. The van der Waals surface area contributed by atoms with Gasteiger partial charge in [0.05, 0.1) is 5.52 Å². The molecule has 0 radical (unpaired) electrons. The molecule has 3 heterocycles. The number of carbonyl (C=O) groups is 2. The smallest absolute Gasteiger partial charge is 0.274 e. The third-order valence-electron chi connectivity index (χ3n) is 7.17. The first-order chi connectivity index (χ1) is 17.9. The number of amides is 2. The Balaban J connectivity index is 1.38. The van der Waals surface area contributed by atoms with Crippen molar-refractivity contribution in [3.8, 4) is 11.3 Å². The molecule has 1 aliphatic heterocycles. The van der Waals surface area contributed by atoms with Crippen molar-refractivity contribution in [1.82, 2.24) is 14.9 Å². The maximum atomic E-state index is 14.9. The minimum atomic E-state index is -0.767. The molecule has 0 unspecified atom stereocenters. The Morgan fingerprint density at radius 2 is 1.92 bits per heavy atom. The highest BCUT2D eigenvalue weighted by Gasteiger charge is 2.27. The Bertz CT molecular complexity index is 1470. The molecule has 1 aliphatic rings. The number of fused-ring (bicyclic) bond motifs is 2. The van der Waals surface area contributed by atoms with Crippen LogP contribution in [0.3, 0.4) is 0 Å². The molecule has 0 aliphatic carbocycles. The number of nitrogens with zero attached hydrogens (tertiary/aromatic N) is 2. The number of furan rings is 1. The average molecular weight is 504 g/mol. The molecule has 37 heavy (non-hydrogen) atoms. The van der Waals surface area contributed by atoms with Gasteiger partial charge in [0.2, 0.25) is 0 Å². The fourth-order valence-corrected chi connectivity index (χ4v) is 5.03. The van der Waals surface area contributed by atoms with Crippen LogP contribution in [0.25, 0.3) is 22.4 Å². The topological polar surface area (TPSA) is 87.7 Å². The SMILES string of the molecule is CCCCc1ccc(-c2cc3c(cc(C(=O)N4CCCc5cc(C(=O)NO)cc(F)c5C4)n3C)o2)cc1. The summed E-state index contributed by atoms with van der Waals surface area (Å²) in [6.45, 7) is 2.74. The van der Waals surface area contributed by atoms with Crippen LogP contribution in [-0.4, -0.2) is 33.0 Å². The van der Waals surface area contributed by atoms with Crippen LogP contribution >= 0.6 is 0 Å². The first-order valence-corrected chi connectivity index (χ1v) is 12.6. The number of halogens is 1. The highest BCUT2D eigenvalue weighted by molar-refractivity contribution is 5.98. The van der Waals surface area contributed by atoms with E-state index in [1.807, 2.05) is 17.7 Å². The van der Waals surface area contributed by atoms with Gasteiger partial charge in [-0.15, -0.1) is 0 Å². The van der Waals surface area contributed by atoms with E-state index in [0.29, 0.717) is 41.8 Å². The lowest BCUT2D eigenvalue weighted by Gasteiger charge is -2.21. The number of carbonyl (C=O) groups excluding carboxylic acids is 2. The Morgan fingerprint density at radius 3 is 2.62 bits per heavy atom. The number of rotatable bonds is 6. The Kier molecular flexibility index (Phi) is 6.84. The second-order valence-electron chi connectivity index (χ2n) is 9.62. The predicted octanol–water partition coefficient (Wildman–Crippen LogP) is 5.63. The third kappa shape index (κ3) is 4.76. The molecule has 0 saturated heterocycles. The maximum Gasteiger partial charge on any atom is 0.274 e. The van der Waals surface area contributed by atoms with Crippen molar-refractivity contribution in [2.75, 3.05) is 6.54 Å². The van der Waals surface area contributed by atoms with Gasteiger partial charge >= 0.3 is 0 Å². The zero-order chi connectivity index (χ0) is 26.1. The van der Waals surface area contributed by atoms with Crippen molar-refractivity contribution in [3.05, 3.63) is 82.3 Å². The summed E-state index contributed by atoms with van der Waals surface area (Å²) in [7, 11) is 1.83. The molecule has 192 valence electrons. The number of hydroxylamine groups is 1. The van der Waals surface area contributed by atoms with Gasteiger partial charge in [-0.05, 0) is 48.9 Å². The first-order valence-electron chi connectivity index (χ1n) is 12.6. The fourth-order valence-electron chi connectivity index (χ4n) is 5.03. The molecule has 5 rings (SSSR count). The van der Waals surface area contributed by atoms with Crippen LogP contribution in [0.2, 0.25) is 0 Å². The molecular weight excluding hydrogens is 473 g/mol. The van der Waals surface area contributed by atoms with Crippen LogP contribution in [0, 0.1) is 5.82 Å². The number of hydrogen-bond donors (Lipinski definition) is 2. The van der Waals surface area contributed by atoms with Gasteiger partial charge in [-0.1, -0.05) is 37.6 Å². The summed E-state index contributed by atoms with van der Waals surface area (Å²) in [6, 6.07) is 14.7. The van der Waals surface area contributed by atoms with E-state index in [2.05, 4.69) is 31.2 Å². The zero-order valence-corrected chi connectivity index (χ0v) is 21.0. The average Bonchev–Trinajstić information content (AvgIpc) is 3.37.